The maximum Gasteiger partial charge on any atom is 0.133 e. The highest BCUT2D eigenvalue weighted by atomic mass is 35.5. The molecule has 0 bridgehead atoms. The van der Waals surface area contributed by atoms with Gasteiger partial charge in [-0.05, 0) is 39.2 Å². The zero-order chi connectivity index (χ0) is 16.9. The molecule has 3 heterocycles. The van der Waals surface area contributed by atoms with Crippen molar-refractivity contribution >= 4 is 22.5 Å². The van der Waals surface area contributed by atoms with E-state index in [1.165, 1.54) is 0 Å². The van der Waals surface area contributed by atoms with Crippen LogP contribution < -0.4 is 0 Å². The summed E-state index contributed by atoms with van der Waals surface area (Å²) in [6.45, 7) is 3.52. The zero-order valence-corrected chi connectivity index (χ0v) is 14.8. The summed E-state index contributed by atoms with van der Waals surface area (Å²) in [6, 6.07) is 3.92. The number of rotatable bonds is 8. The van der Waals surface area contributed by atoms with Crippen LogP contribution in [-0.2, 0) is 13.1 Å². The van der Waals surface area contributed by atoms with E-state index in [4.69, 9.17) is 16.0 Å². The van der Waals surface area contributed by atoms with Gasteiger partial charge < -0.3 is 9.32 Å². The molecular weight excluding hydrogens is 326 g/mol. The molecule has 0 fully saturated rings. The van der Waals surface area contributed by atoms with Crippen LogP contribution in [0.3, 0.4) is 0 Å². The van der Waals surface area contributed by atoms with Crippen LogP contribution in [0.2, 0.25) is 5.15 Å². The average molecular weight is 348 g/mol. The van der Waals surface area contributed by atoms with Crippen LogP contribution in [0.4, 0.5) is 0 Å². The first kappa shape index (κ1) is 17.0. The number of aromatic amines is 1. The van der Waals surface area contributed by atoms with E-state index in [2.05, 4.69) is 39.1 Å². The van der Waals surface area contributed by atoms with E-state index in [1.807, 2.05) is 18.3 Å². The fraction of sp³-hybridized carbons (Fsp3) is 0.412. The van der Waals surface area contributed by atoms with Gasteiger partial charge in [0.25, 0.3) is 0 Å². The fourth-order valence-electron chi connectivity index (χ4n) is 2.76. The van der Waals surface area contributed by atoms with Crippen LogP contribution in [0.25, 0.3) is 10.9 Å². The Hall–Kier alpha value is -1.89. The maximum atomic E-state index is 6.12. The van der Waals surface area contributed by atoms with E-state index in [0.717, 1.165) is 54.8 Å². The van der Waals surface area contributed by atoms with Gasteiger partial charge in [-0.3, -0.25) is 15.0 Å². The molecule has 7 heteroatoms. The van der Waals surface area contributed by atoms with Crippen LogP contribution in [0.15, 0.2) is 35.2 Å². The molecule has 128 valence electrons. The highest BCUT2D eigenvalue weighted by molar-refractivity contribution is 6.34. The standard InChI is InChI=1S/C17H22ClN5O/c1-22(2)6-4-7-23(12-14-5-3-8-24-14)11-13-9-19-10-15-16(13)20-21-17(15)18/h3,5,8-10H,4,6-7,11-12H2,1-2H3,(H,20,21). The summed E-state index contributed by atoms with van der Waals surface area (Å²) in [5.74, 6) is 0.958. The van der Waals surface area contributed by atoms with Crippen molar-refractivity contribution < 1.29 is 4.42 Å². The molecule has 6 nitrogen and oxygen atoms in total. The minimum absolute atomic E-state index is 0.532. The fourth-order valence-corrected chi connectivity index (χ4v) is 2.94. The Kier molecular flexibility index (Phi) is 5.50. The molecule has 1 N–H and O–H groups in total. The first-order valence-corrected chi connectivity index (χ1v) is 8.37. The van der Waals surface area contributed by atoms with Gasteiger partial charge in [-0.2, -0.15) is 5.10 Å². The SMILES string of the molecule is CN(C)CCCN(Cc1ccco1)Cc1cncc2c(Cl)[nH]nc12. The monoisotopic (exact) mass is 347 g/mol. The van der Waals surface area contributed by atoms with E-state index < -0.39 is 0 Å². The van der Waals surface area contributed by atoms with Crippen LogP contribution in [0, 0.1) is 0 Å². The lowest BCUT2D eigenvalue weighted by Crippen LogP contribution is -2.27. The van der Waals surface area contributed by atoms with E-state index in [0.29, 0.717) is 5.15 Å². The van der Waals surface area contributed by atoms with Crippen LogP contribution in [0.1, 0.15) is 17.7 Å². The lowest BCUT2D eigenvalue weighted by atomic mass is 10.2. The predicted molar refractivity (Wildman–Crippen MR) is 94.9 cm³/mol. The Labute approximate surface area is 146 Å². The zero-order valence-electron chi connectivity index (χ0n) is 14.0. The molecule has 0 radical (unpaired) electrons. The molecule has 0 spiro atoms. The number of hydrogen-bond acceptors (Lipinski definition) is 5. The van der Waals surface area contributed by atoms with Crippen LogP contribution in [0.5, 0.6) is 0 Å². The van der Waals surface area contributed by atoms with Crippen LogP contribution >= 0.6 is 11.6 Å². The van der Waals surface area contributed by atoms with Crippen molar-refractivity contribution in [3.05, 3.63) is 47.3 Å². The first-order chi connectivity index (χ1) is 11.6. The first-order valence-electron chi connectivity index (χ1n) is 7.99. The summed E-state index contributed by atoms with van der Waals surface area (Å²) >= 11 is 6.12. The molecule has 24 heavy (non-hydrogen) atoms. The third kappa shape index (κ3) is 4.14. The molecule has 0 aromatic carbocycles. The van der Waals surface area contributed by atoms with Gasteiger partial charge in [-0.1, -0.05) is 11.6 Å². The van der Waals surface area contributed by atoms with Gasteiger partial charge in [0.1, 0.15) is 16.4 Å². The third-order valence-corrected chi connectivity index (χ3v) is 4.22. The Bertz CT molecular complexity index is 768. The summed E-state index contributed by atoms with van der Waals surface area (Å²) in [7, 11) is 4.18. The summed E-state index contributed by atoms with van der Waals surface area (Å²) in [4.78, 5) is 8.85. The van der Waals surface area contributed by atoms with Crippen molar-refractivity contribution in [2.24, 2.45) is 0 Å². The summed E-state index contributed by atoms with van der Waals surface area (Å²) < 4.78 is 5.51. The predicted octanol–water partition coefficient (Wildman–Crippen LogP) is 3.16. The van der Waals surface area contributed by atoms with Crippen molar-refractivity contribution in [1.82, 2.24) is 25.0 Å². The molecule has 0 aliphatic rings. The smallest absolute Gasteiger partial charge is 0.133 e. The topological polar surface area (TPSA) is 61.2 Å². The second-order valence-corrected chi connectivity index (χ2v) is 6.56. The Morgan fingerprint density at radius 3 is 2.83 bits per heavy atom. The molecule has 0 aliphatic heterocycles. The van der Waals surface area contributed by atoms with Gasteiger partial charge in [-0.25, -0.2) is 0 Å². The minimum atomic E-state index is 0.532. The molecule has 0 amide bonds. The summed E-state index contributed by atoms with van der Waals surface area (Å²) in [5.41, 5.74) is 1.94. The van der Waals surface area contributed by atoms with Crippen molar-refractivity contribution in [3.8, 4) is 0 Å². The second kappa shape index (κ2) is 7.79. The van der Waals surface area contributed by atoms with Crippen molar-refractivity contribution in [2.75, 3.05) is 27.2 Å². The van der Waals surface area contributed by atoms with Gasteiger partial charge in [-0.15, -0.1) is 0 Å². The molecule has 3 aromatic rings. The summed E-state index contributed by atoms with van der Waals surface area (Å²) in [5, 5.41) is 8.54. The molecule has 0 unspecified atom stereocenters. The highest BCUT2D eigenvalue weighted by Crippen LogP contribution is 2.23. The second-order valence-electron chi connectivity index (χ2n) is 6.18. The number of halogens is 1. The number of hydrogen-bond donors (Lipinski definition) is 1. The van der Waals surface area contributed by atoms with Gasteiger partial charge in [0.2, 0.25) is 0 Å². The molecule has 0 atom stereocenters. The minimum Gasteiger partial charge on any atom is -0.468 e. The van der Waals surface area contributed by atoms with Crippen molar-refractivity contribution in [2.45, 2.75) is 19.5 Å². The largest absolute Gasteiger partial charge is 0.468 e. The highest BCUT2D eigenvalue weighted by Gasteiger charge is 2.14. The van der Waals surface area contributed by atoms with Gasteiger partial charge in [0, 0.05) is 31.0 Å². The Balaban J connectivity index is 1.76. The van der Waals surface area contributed by atoms with E-state index in [-0.39, 0.29) is 0 Å². The third-order valence-electron chi connectivity index (χ3n) is 3.93. The molecule has 0 saturated carbocycles. The molecule has 0 saturated heterocycles. The molecule has 3 aromatic heterocycles. The number of aromatic nitrogens is 3. The average Bonchev–Trinajstić information content (AvgIpc) is 3.18. The van der Waals surface area contributed by atoms with E-state index in [1.54, 1.807) is 12.5 Å². The number of H-pyrrole nitrogens is 1. The van der Waals surface area contributed by atoms with E-state index >= 15 is 0 Å². The number of fused-ring (bicyclic) bond motifs is 1. The quantitative estimate of drug-likeness (QED) is 0.678. The number of pyridine rings is 1. The summed E-state index contributed by atoms with van der Waals surface area (Å²) in [6.07, 6.45) is 6.40. The maximum absolute atomic E-state index is 6.12. The number of nitrogens with one attached hydrogen (secondary N) is 1. The van der Waals surface area contributed by atoms with Crippen LogP contribution in [-0.4, -0.2) is 52.2 Å². The normalized spacial score (nSPS) is 11.9. The van der Waals surface area contributed by atoms with Gasteiger partial charge >= 0.3 is 0 Å². The molecule has 3 rings (SSSR count). The molecular formula is C17H22ClN5O. The number of furan rings is 1. The van der Waals surface area contributed by atoms with E-state index in [9.17, 15) is 0 Å². The lowest BCUT2D eigenvalue weighted by molar-refractivity contribution is 0.222. The van der Waals surface area contributed by atoms with Gasteiger partial charge in [0.05, 0.1) is 18.2 Å². The van der Waals surface area contributed by atoms with Crippen molar-refractivity contribution in [3.63, 3.8) is 0 Å². The van der Waals surface area contributed by atoms with Gasteiger partial charge in [0.15, 0.2) is 0 Å². The lowest BCUT2D eigenvalue weighted by Gasteiger charge is -2.22. The number of nitrogens with zero attached hydrogens (tertiary/aromatic N) is 4. The van der Waals surface area contributed by atoms with Crippen molar-refractivity contribution in [1.29, 1.82) is 0 Å². The Morgan fingerprint density at radius 2 is 2.08 bits per heavy atom. The molecule has 0 aliphatic carbocycles. The Morgan fingerprint density at radius 1 is 1.21 bits per heavy atom.